The molecule has 3 rings (SSSR count). The number of nitrogens with zero attached hydrogens (tertiary/aromatic N) is 1. The van der Waals surface area contributed by atoms with Gasteiger partial charge in [0.2, 0.25) is 0 Å². The third-order valence-electron chi connectivity index (χ3n) is 5.46. The lowest BCUT2D eigenvalue weighted by Crippen LogP contribution is -2.60. The largest absolute Gasteiger partial charge is 0.329 e. The van der Waals surface area contributed by atoms with Gasteiger partial charge in [-0.15, -0.1) is 11.3 Å². The molecule has 0 radical (unpaired) electrons. The van der Waals surface area contributed by atoms with E-state index in [4.69, 9.17) is 5.73 Å². The number of thiophene rings is 1. The first-order valence-electron chi connectivity index (χ1n) is 7.80. The Morgan fingerprint density at radius 3 is 3.16 bits per heavy atom. The first kappa shape index (κ1) is 13.6. The predicted molar refractivity (Wildman–Crippen MR) is 82.5 cm³/mol. The summed E-state index contributed by atoms with van der Waals surface area (Å²) in [7, 11) is 0. The summed E-state index contributed by atoms with van der Waals surface area (Å²) in [5.41, 5.74) is 8.14. The molecule has 2 unspecified atom stereocenters. The van der Waals surface area contributed by atoms with Crippen LogP contribution in [0.15, 0.2) is 11.4 Å². The van der Waals surface area contributed by atoms with Gasteiger partial charge in [0.1, 0.15) is 0 Å². The molecule has 1 saturated carbocycles. The van der Waals surface area contributed by atoms with E-state index in [1.54, 1.807) is 10.4 Å². The third-order valence-corrected chi connectivity index (χ3v) is 6.48. The van der Waals surface area contributed by atoms with E-state index in [1.807, 2.05) is 11.3 Å². The van der Waals surface area contributed by atoms with Crippen LogP contribution in [0.3, 0.4) is 0 Å². The smallest absolute Gasteiger partial charge is 0.0363 e. The number of hydrogen-bond donors (Lipinski definition) is 1. The minimum absolute atomic E-state index is 0.284. The first-order chi connectivity index (χ1) is 9.30. The average molecular weight is 278 g/mol. The van der Waals surface area contributed by atoms with E-state index in [0.717, 1.165) is 19.0 Å². The molecule has 1 fully saturated rings. The van der Waals surface area contributed by atoms with Crippen molar-refractivity contribution in [3.8, 4) is 0 Å². The fourth-order valence-corrected chi connectivity index (χ4v) is 5.21. The van der Waals surface area contributed by atoms with Crippen molar-refractivity contribution in [1.82, 2.24) is 4.90 Å². The van der Waals surface area contributed by atoms with E-state index >= 15 is 0 Å². The zero-order chi connectivity index (χ0) is 13.3. The lowest BCUT2D eigenvalue weighted by molar-refractivity contribution is -0.00546. The van der Waals surface area contributed by atoms with Gasteiger partial charge in [0.15, 0.2) is 0 Å². The maximum atomic E-state index is 6.29. The van der Waals surface area contributed by atoms with Crippen LogP contribution in [0.5, 0.6) is 0 Å². The summed E-state index contributed by atoms with van der Waals surface area (Å²) in [6, 6.07) is 2.32. The van der Waals surface area contributed by atoms with Crippen molar-refractivity contribution < 1.29 is 0 Å². The molecule has 0 amide bonds. The summed E-state index contributed by atoms with van der Waals surface area (Å²) in [6.07, 6.45) is 7.95. The molecule has 0 aromatic carbocycles. The van der Waals surface area contributed by atoms with Crippen molar-refractivity contribution in [1.29, 1.82) is 0 Å². The predicted octanol–water partition coefficient (Wildman–Crippen LogP) is 3.40. The van der Waals surface area contributed by atoms with Gasteiger partial charge in [-0.2, -0.15) is 0 Å². The molecule has 1 aromatic heterocycles. The Hall–Kier alpha value is -0.380. The van der Waals surface area contributed by atoms with Crippen LogP contribution in [0.25, 0.3) is 0 Å². The van der Waals surface area contributed by atoms with Crippen LogP contribution in [-0.4, -0.2) is 23.5 Å². The molecule has 106 valence electrons. The maximum absolute atomic E-state index is 6.29. The van der Waals surface area contributed by atoms with Gasteiger partial charge in [-0.1, -0.05) is 26.2 Å². The lowest BCUT2D eigenvalue weighted by Gasteiger charge is -2.52. The van der Waals surface area contributed by atoms with Gasteiger partial charge in [-0.05, 0) is 42.2 Å². The molecule has 0 saturated heterocycles. The summed E-state index contributed by atoms with van der Waals surface area (Å²) in [5, 5.41) is 2.25. The van der Waals surface area contributed by atoms with Crippen LogP contribution < -0.4 is 5.73 Å². The van der Waals surface area contributed by atoms with Gasteiger partial charge < -0.3 is 5.73 Å². The summed E-state index contributed by atoms with van der Waals surface area (Å²) in [5.74, 6) is 0.798. The van der Waals surface area contributed by atoms with Crippen LogP contribution in [0.2, 0.25) is 0 Å². The van der Waals surface area contributed by atoms with Crippen molar-refractivity contribution in [2.45, 2.75) is 57.5 Å². The van der Waals surface area contributed by atoms with Gasteiger partial charge in [-0.3, -0.25) is 4.90 Å². The molecular weight excluding hydrogens is 252 g/mol. The Kier molecular flexibility index (Phi) is 3.97. The summed E-state index contributed by atoms with van der Waals surface area (Å²) < 4.78 is 0. The minimum Gasteiger partial charge on any atom is -0.329 e. The Bertz CT molecular complexity index is 428. The molecule has 19 heavy (non-hydrogen) atoms. The lowest BCUT2D eigenvalue weighted by atomic mass is 9.69. The zero-order valence-electron chi connectivity index (χ0n) is 12.0. The SMILES string of the molecule is CCC1CCCCC1(CN)N1CCc2sccc2C1. The zero-order valence-corrected chi connectivity index (χ0v) is 12.8. The van der Waals surface area contributed by atoms with Crippen molar-refractivity contribution in [3.63, 3.8) is 0 Å². The van der Waals surface area contributed by atoms with Gasteiger partial charge in [0.25, 0.3) is 0 Å². The molecule has 1 aromatic rings. The molecule has 2 nitrogen and oxygen atoms in total. The molecule has 2 heterocycles. The molecule has 0 bridgehead atoms. The number of fused-ring (bicyclic) bond motifs is 1. The highest BCUT2D eigenvalue weighted by Crippen LogP contribution is 2.42. The van der Waals surface area contributed by atoms with Crippen molar-refractivity contribution in [2.24, 2.45) is 11.7 Å². The molecule has 2 N–H and O–H groups in total. The van der Waals surface area contributed by atoms with E-state index in [-0.39, 0.29) is 5.54 Å². The quantitative estimate of drug-likeness (QED) is 0.918. The Morgan fingerprint density at radius 1 is 1.47 bits per heavy atom. The molecule has 3 heteroatoms. The topological polar surface area (TPSA) is 29.3 Å². The van der Waals surface area contributed by atoms with Gasteiger partial charge in [0, 0.05) is 30.1 Å². The Labute approximate surface area is 121 Å². The van der Waals surface area contributed by atoms with Crippen LogP contribution in [0.4, 0.5) is 0 Å². The van der Waals surface area contributed by atoms with Gasteiger partial charge in [0.05, 0.1) is 0 Å². The highest BCUT2D eigenvalue weighted by atomic mass is 32.1. The molecule has 1 aliphatic carbocycles. The van der Waals surface area contributed by atoms with E-state index in [2.05, 4.69) is 23.3 Å². The van der Waals surface area contributed by atoms with Crippen LogP contribution in [0.1, 0.15) is 49.5 Å². The summed E-state index contributed by atoms with van der Waals surface area (Å²) in [6.45, 7) is 5.53. The second kappa shape index (κ2) is 5.55. The molecule has 2 aliphatic rings. The summed E-state index contributed by atoms with van der Waals surface area (Å²) >= 11 is 1.93. The number of nitrogens with two attached hydrogens (primary N) is 1. The molecule has 1 aliphatic heterocycles. The van der Waals surface area contributed by atoms with Crippen molar-refractivity contribution >= 4 is 11.3 Å². The van der Waals surface area contributed by atoms with E-state index < -0.39 is 0 Å². The van der Waals surface area contributed by atoms with E-state index in [1.165, 1.54) is 45.1 Å². The van der Waals surface area contributed by atoms with Crippen LogP contribution >= 0.6 is 11.3 Å². The fourth-order valence-electron chi connectivity index (χ4n) is 4.32. The average Bonchev–Trinajstić information content (AvgIpc) is 2.94. The van der Waals surface area contributed by atoms with Crippen molar-refractivity contribution in [3.05, 3.63) is 21.9 Å². The number of rotatable bonds is 3. The first-order valence-corrected chi connectivity index (χ1v) is 8.68. The van der Waals surface area contributed by atoms with Crippen LogP contribution in [-0.2, 0) is 13.0 Å². The molecule has 2 atom stereocenters. The standard InChI is InChI=1S/C16H26N2S/c1-2-14-5-3-4-8-16(14,12-17)18-9-6-15-13(11-18)7-10-19-15/h7,10,14H,2-6,8-9,11-12,17H2,1H3. The maximum Gasteiger partial charge on any atom is 0.0363 e. The molecule has 0 spiro atoms. The van der Waals surface area contributed by atoms with Gasteiger partial charge in [-0.25, -0.2) is 0 Å². The number of hydrogen-bond acceptors (Lipinski definition) is 3. The molecular formula is C16H26N2S. The second-order valence-corrected chi connectivity index (χ2v) is 7.20. The second-order valence-electron chi connectivity index (χ2n) is 6.20. The Morgan fingerprint density at radius 2 is 2.37 bits per heavy atom. The fraction of sp³-hybridized carbons (Fsp3) is 0.750. The van der Waals surface area contributed by atoms with Crippen LogP contribution in [0, 0.1) is 5.92 Å². The van der Waals surface area contributed by atoms with Gasteiger partial charge >= 0.3 is 0 Å². The summed E-state index contributed by atoms with van der Waals surface area (Å²) in [4.78, 5) is 4.34. The monoisotopic (exact) mass is 278 g/mol. The van der Waals surface area contributed by atoms with E-state index in [0.29, 0.717) is 0 Å². The Balaban J connectivity index is 1.86. The van der Waals surface area contributed by atoms with E-state index in [9.17, 15) is 0 Å². The highest BCUT2D eigenvalue weighted by Gasteiger charge is 2.44. The highest BCUT2D eigenvalue weighted by molar-refractivity contribution is 7.10. The van der Waals surface area contributed by atoms with Crippen molar-refractivity contribution in [2.75, 3.05) is 13.1 Å². The third kappa shape index (κ3) is 2.26. The minimum atomic E-state index is 0.284. The normalized spacial score (nSPS) is 32.2.